The molecule has 1 rings (SSSR count). The molecule has 1 heterocycles. The fourth-order valence-electron chi connectivity index (χ4n) is 1.58. The normalized spacial score (nSPS) is 36.1. The van der Waals surface area contributed by atoms with Crippen molar-refractivity contribution < 1.29 is 23.5 Å². The van der Waals surface area contributed by atoms with Gasteiger partial charge in [0.05, 0.1) is 12.7 Å². The Kier molecular flexibility index (Phi) is 4.80. The summed E-state index contributed by atoms with van der Waals surface area (Å²) in [6.07, 6.45) is 0.420. The van der Waals surface area contributed by atoms with Gasteiger partial charge in [-0.1, -0.05) is 0 Å². The molecule has 7 heteroatoms. The summed E-state index contributed by atoms with van der Waals surface area (Å²) in [4.78, 5) is 9.13. The summed E-state index contributed by atoms with van der Waals surface area (Å²) >= 11 is 0. The van der Waals surface area contributed by atoms with Crippen molar-refractivity contribution in [2.24, 2.45) is 0 Å². The second kappa shape index (κ2) is 5.46. The van der Waals surface area contributed by atoms with Crippen LogP contribution in [0.3, 0.4) is 0 Å². The average molecular weight is 234 g/mol. The third kappa shape index (κ3) is 4.66. The predicted octanol–water partition coefficient (Wildman–Crippen LogP) is 0.507. The zero-order valence-electron chi connectivity index (χ0n) is 8.96. The van der Waals surface area contributed by atoms with Gasteiger partial charge < -0.3 is 18.9 Å². The lowest BCUT2D eigenvalue weighted by molar-refractivity contribution is -0.107. The topological polar surface area (TPSA) is 65.0 Å². The first-order valence-corrected chi connectivity index (χ1v) is 6.83. The predicted molar refractivity (Wildman–Crippen MR) is 56.1 cm³/mol. The summed E-state index contributed by atoms with van der Waals surface area (Å²) < 4.78 is 26.5. The Balaban J connectivity index is 2.56. The Labute approximate surface area is 91.0 Å². The number of methoxy groups -OCH3 is 1. The molecular weight excluding hydrogens is 218 g/mol. The van der Waals surface area contributed by atoms with Gasteiger partial charge in [-0.2, -0.15) is 0 Å². The molecule has 0 spiro atoms. The molecule has 1 fully saturated rings. The van der Waals surface area contributed by atoms with Gasteiger partial charge in [-0.3, -0.25) is 4.57 Å². The highest BCUT2D eigenvalue weighted by atomic mass is 31.2. The van der Waals surface area contributed by atoms with E-state index >= 15 is 0 Å². The standard InChI is InChI=1S/C8H16BO5P/c1-12-5-7-6(14-15(2,10)11)3-4-8(9)13-7/h6-8H,3-5H2,1-2H3,(H,10,11)/t6-,7-,8?/m1/s1. The average Bonchev–Trinajstić information content (AvgIpc) is 2.08. The first-order chi connectivity index (χ1) is 6.92. The summed E-state index contributed by atoms with van der Waals surface area (Å²) in [7, 11) is 3.66. The zero-order chi connectivity index (χ0) is 11.5. The Bertz CT molecular complexity index is 243. The van der Waals surface area contributed by atoms with Crippen molar-refractivity contribution in [2.75, 3.05) is 20.4 Å². The monoisotopic (exact) mass is 234 g/mol. The van der Waals surface area contributed by atoms with Crippen LogP contribution in [0.25, 0.3) is 0 Å². The van der Waals surface area contributed by atoms with Gasteiger partial charge in [0.15, 0.2) is 0 Å². The van der Waals surface area contributed by atoms with Gasteiger partial charge in [0.25, 0.3) is 0 Å². The van der Waals surface area contributed by atoms with Crippen LogP contribution < -0.4 is 0 Å². The molecule has 0 aromatic carbocycles. The Hall–Kier alpha value is 0.135. The molecule has 15 heavy (non-hydrogen) atoms. The molecule has 0 bridgehead atoms. The van der Waals surface area contributed by atoms with Gasteiger partial charge in [0.1, 0.15) is 14.0 Å². The molecule has 0 saturated carbocycles. The Morgan fingerprint density at radius 1 is 1.60 bits per heavy atom. The summed E-state index contributed by atoms with van der Waals surface area (Å²) in [6, 6.07) is -0.347. The first kappa shape index (κ1) is 13.2. The molecule has 0 aromatic heterocycles. The van der Waals surface area contributed by atoms with E-state index in [4.69, 9.17) is 26.7 Å². The quantitative estimate of drug-likeness (QED) is 0.567. The maximum atomic E-state index is 11.1. The second-order valence-corrected chi connectivity index (χ2v) is 5.51. The molecule has 0 aromatic rings. The highest BCUT2D eigenvalue weighted by molar-refractivity contribution is 7.51. The first-order valence-electron chi connectivity index (χ1n) is 4.81. The highest BCUT2D eigenvalue weighted by Gasteiger charge is 2.33. The fraction of sp³-hybridized carbons (Fsp3) is 1.00. The van der Waals surface area contributed by atoms with Crippen molar-refractivity contribution in [2.45, 2.75) is 31.1 Å². The minimum Gasteiger partial charge on any atom is -0.382 e. The van der Waals surface area contributed by atoms with Crippen LogP contribution >= 0.6 is 7.60 Å². The SMILES string of the molecule is [B]C1CC[C@@H](OP(C)(=O)O)[C@@H](COC)O1. The number of rotatable bonds is 4. The smallest absolute Gasteiger partial charge is 0.325 e. The maximum Gasteiger partial charge on any atom is 0.325 e. The molecule has 2 unspecified atom stereocenters. The van der Waals surface area contributed by atoms with Crippen LogP contribution in [0.5, 0.6) is 0 Å². The minimum atomic E-state index is -3.49. The van der Waals surface area contributed by atoms with Crippen molar-refractivity contribution in [1.82, 2.24) is 0 Å². The van der Waals surface area contributed by atoms with Crippen LogP contribution in [0, 0.1) is 0 Å². The van der Waals surface area contributed by atoms with Crippen LogP contribution in [0.4, 0.5) is 0 Å². The summed E-state index contributed by atoms with van der Waals surface area (Å²) in [5.74, 6) is 0. The van der Waals surface area contributed by atoms with Crippen LogP contribution in [0.15, 0.2) is 0 Å². The lowest BCUT2D eigenvalue weighted by Crippen LogP contribution is -2.42. The van der Waals surface area contributed by atoms with Gasteiger partial charge in [-0.05, 0) is 12.8 Å². The van der Waals surface area contributed by atoms with Crippen LogP contribution in [0.2, 0.25) is 0 Å². The van der Waals surface area contributed by atoms with E-state index in [1.54, 1.807) is 0 Å². The zero-order valence-corrected chi connectivity index (χ0v) is 9.85. The van der Waals surface area contributed by atoms with Crippen molar-refractivity contribution in [3.63, 3.8) is 0 Å². The Morgan fingerprint density at radius 2 is 2.27 bits per heavy atom. The van der Waals surface area contributed by atoms with E-state index in [1.165, 1.54) is 7.11 Å². The third-order valence-corrected chi connectivity index (χ3v) is 2.82. The molecule has 0 aliphatic carbocycles. The molecule has 2 radical (unpaired) electrons. The molecule has 5 nitrogen and oxygen atoms in total. The van der Waals surface area contributed by atoms with Crippen LogP contribution in [-0.2, 0) is 18.6 Å². The van der Waals surface area contributed by atoms with Crippen LogP contribution in [0.1, 0.15) is 12.8 Å². The Morgan fingerprint density at radius 3 is 2.80 bits per heavy atom. The van der Waals surface area contributed by atoms with E-state index in [-0.39, 0.29) is 12.1 Å². The molecule has 0 amide bonds. The fourth-order valence-corrected chi connectivity index (χ4v) is 2.32. The van der Waals surface area contributed by atoms with E-state index in [9.17, 15) is 4.57 Å². The molecule has 1 saturated heterocycles. The van der Waals surface area contributed by atoms with Gasteiger partial charge in [0, 0.05) is 19.8 Å². The minimum absolute atomic E-state index is 0.304. The lowest BCUT2D eigenvalue weighted by atomic mass is 9.89. The number of hydrogen-bond acceptors (Lipinski definition) is 4. The van der Waals surface area contributed by atoms with E-state index < -0.39 is 13.7 Å². The van der Waals surface area contributed by atoms with Gasteiger partial charge in [-0.15, -0.1) is 0 Å². The molecule has 1 aliphatic heterocycles. The van der Waals surface area contributed by atoms with Crippen molar-refractivity contribution >= 4 is 15.4 Å². The van der Waals surface area contributed by atoms with Crippen molar-refractivity contribution in [3.8, 4) is 0 Å². The maximum absolute atomic E-state index is 11.1. The second-order valence-electron chi connectivity index (χ2n) is 3.69. The van der Waals surface area contributed by atoms with Crippen molar-refractivity contribution in [3.05, 3.63) is 0 Å². The van der Waals surface area contributed by atoms with Gasteiger partial charge in [-0.25, -0.2) is 0 Å². The van der Waals surface area contributed by atoms with Gasteiger partial charge >= 0.3 is 7.60 Å². The largest absolute Gasteiger partial charge is 0.382 e. The van der Waals surface area contributed by atoms with E-state index in [1.807, 2.05) is 0 Å². The molecular formula is C8H16BO5P. The van der Waals surface area contributed by atoms with E-state index in [0.717, 1.165) is 6.66 Å². The summed E-state index contributed by atoms with van der Waals surface area (Å²) in [5.41, 5.74) is 0. The van der Waals surface area contributed by atoms with Crippen LogP contribution in [-0.4, -0.2) is 51.3 Å². The van der Waals surface area contributed by atoms with E-state index in [0.29, 0.717) is 19.4 Å². The van der Waals surface area contributed by atoms with Gasteiger partial charge in [0.2, 0.25) is 0 Å². The number of ether oxygens (including phenoxy) is 2. The molecule has 4 atom stereocenters. The number of hydrogen-bond donors (Lipinski definition) is 1. The molecule has 86 valence electrons. The summed E-state index contributed by atoms with van der Waals surface area (Å²) in [5, 5.41) is 0. The van der Waals surface area contributed by atoms with E-state index in [2.05, 4.69) is 0 Å². The lowest BCUT2D eigenvalue weighted by Gasteiger charge is -2.35. The molecule has 1 aliphatic rings. The van der Waals surface area contributed by atoms with Crippen molar-refractivity contribution in [1.29, 1.82) is 0 Å². The molecule has 1 N–H and O–H groups in total. The summed E-state index contributed by atoms with van der Waals surface area (Å²) in [6.45, 7) is 1.46. The highest BCUT2D eigenvalue weighted by Crippen LogP contribution is 2.41. The third-order valence-electron chi connectivity index (χ3n) is 2.16.